The van der Waals surface area contributed by atoms with Gasteiger partial charge in [0.05, 0.1) is 14.3 Å². The highest BCUT2D eigenvalue weighted by molar-refractivity contribution is 9.11. The molecule has 0 unspecified atom stereocenters. The maximum absolute atomic E-state index is 12.1. The van der Waals surface area contributed by atoms with Crippen LogP contribution in [0, 0.1) is 0 Å². The maximum atomic E-state index is 12.1. The molecule has 1 aromatic rings. The van der Waals surface area contributed by atoms with Crippen LogP contribution in [-0.4, -0.2) is 25.0 Å². The van der Waals surface area contributed by atoms with Gasteiger partial charge in [0, 0.05) is 0 Å². The first-order valence-electron chi connectivity index (χ1n) is 4.57. The molecule has 6 nitrogen and oxygen atoms in total. The lowest BCUT2D eigenvalue weighted by molar-refractivity contribution is 0.312. The summed E-state index contributed by atoms with van der Waals surface area (Å²) in [5.41, 5.74) is 4.20. The predicted octanol–water partition coefficient (Wildman–Crippen LogP) is 1.97. The van der Waals surface area contributed by atoms with E-state index in [0.29, 0.717) is 8.81 Å². The molecule has 1 heterocycles. The van der Waals surface area contributed by atoms with Crippen molar-refractivity contribution in [2.45, 2.75) is 23.6 Å². The maximum Gasteiger partial charge on any atom is 0.251 e. The Kier molecular flexibility index (Phi) is 4.65. The van der Waals surface area contributed by atoms with E-state index in [1.807, 2.05) is 0 Å². The quantitative estimate of drug-likeness (QED) is 0.323. The summed E-state index contributed by atoms with van der Waals surface area (Å²) in [5.74, 6) is -0.243. The van der Waals surface area contributed by atoms with Gasteiger partial charge in [-0.1, -0.05) is 16.8 Å². The van der Waals surface area contributed by atoms with Crippen LogP contribution in [-0.2, 0) is 10.0 Å². The first-order valence-corrected chi connectivity index (χ1v) is 8.04. The van der Waals surface area contributed by atoms with Gasteiger partial charge in [0.15, 0.2) is 5.84 Å². The molecule has 0 saturated heterocycles. The molecule has 1 rings (SSSR count). The van der Waals surface area contributed by atoms with Crippen LogP contribution >= 0.6 is 38.9 Å². The molecule has 4 N–H and O–H groups in total. The molecule has 0 amide bonds. The summed E-state index contributed by atoms with van der Waals surface area (Å²) in [5, 5.41) is 11.7. The Labute approximate surface area is 122 Å². The lowest BCUT2D eigenvalue weighted by Gasteiger charge is -2.23. The van der Waals surface area contributed by atoms with Crippen molar-refractivity contribution < 1.29 is 13.6 Å². The van der Waals surface area contributed by atoms with Gasteiger partial charge in [0.1, 0.15) is 4.21 Å². The molecular formula is C8H11BrClN3O3S2. The number of nitrogens with one attached hydrogen (secondary N) is 1. The van der Waals surface area contributed by atoms with E-state index in [1.54, 1.807) is 0 Å². The predicted molar refractivity (Wildman–Crippen MR) is 74.8 cm³/mol. The molecule has 0 spiro atoms. The van der Waals surface area contributed by atoms with E-state index >= 15 is 0 Å². The Hall–Kier alpha value is -0.350. The van der Waals surface area contributed by atoms with Crippen LogP contribution in [0.2, 0.25) is 5.02 Å². The van der Waals surface area contributed by atoms with E-state index in [-0.39, 0.29) is 10.0 Å². The average Bonchev–Trinajstić information content (AvgIpc) is 2.57. The molecule has 0 atom stereocenters. The van der Waals surface area contributed by atoms with Crippen LogP contribution in [0.15, 0.2) is 19.2 Å². The zero-order valence-corrected chi connectivity index (χ0v) is 13.4. The van der Waals surface area contributed by atoms with Crippen molar-refractivity contribution in [2.75, 3.05) is 0 Å². The minimum Gasteiger partial charge on any atom is -0.409 e. The number of halogens is 2. The van der Waals surface area contributed by atoms with E-state index in [4.69, 9.17) is 22.5 Å². The number of thiophene rings is 1. The van der Waals surface area contributed by atoms with Crippen LogP contribution in [0.1, 0.15) is 13.8 Å². The number of hydrogen-bond donors (Lipinski definition) is 3. The summed E-state index contributed by atoms with van der Waals surface area (Å²) in [6.45, 7) is 2.95. The molecule has 0 saturated carbocycles. The molecular weight excluding hydrogens is 366 g/mol. The molecule has 0 fully saturated rings. The Balaban J connectivity index is 3.10. The fraction of sp³-hybridized carbons (Fsp3) is 0.375. The molecule has 18 heavy (non-hydrogen) atoms. The number of rotatable bonds is 4. The lowest BCUT2D eigenvalue weighted by Crippen LogP contribution is -2.52. The third-order valence-electron chi connectivity index (χ3n) is 2.03. The van der Waals surface area contributed by atoms with E-state index in [9.17, 15) is 8.42 Å². The molecule has 0 aliphatic carbocycles. The lowest BCUT2D eigenvalue weighted by atomic mass is 10.1. The Morgan fingerprint density at radius 3 is 2.61 bits per heavy atom. The second kappa shape index (κ2) is 5.33. The normalized spacial score (nSPS) is 13.9. The molecule has 0 aliphatic heterocycles. The second-order valence-electron chi connectivity index (χ2n) is 3.90. The Morgan fingerprint density at radius 2 is 2.22 bits per heavy atom. The molecule has 0 radical (unpaired) electrons. The summed E-state index contributed by atoms with van der Waals surface area (Å²) < 4.78 is 27.0. The van der Waals surface area contributed by atoms with Crippen LogP contribution in [0.25, 0.3) is 0 Å². The van der Waals surface area contributed by atoms with E-state index in [1.165, 1.54) is 19.9 Å². The zero-order valence-electron chi connectivity index (χ0n) is 9.44. The summed E-state index contributed by atoms with van der Waals surface area (Å²) in [7, 11) is -3.79. The molecule has 10 heteroatoms. The monoisotopic (exact) mass is 375 g/mol. The summed E-state index contributed by atoms with van der Waals surface area (Å²) in [6, 6.07) is 1.32. The van der Waals surface area contributed by atoms with Crippen molar-refractivity contribution in [2.24, 2.45) is 10.9 Å². The highest BCUT2D eigenvalue weighted by Gasteiger charge is 2.31. The number of oxime groups is 1. The average molecular weight is 377 g/mol. The van der Waals surface area contributed by atoms with Crippen molar-refractivity contribution >= 4 is 54.7 Å². The van der Waals surface area contributed by atoms with Gasteiger partial charge in [-0.15, -0.1) is 11.3 Å². The van der Waals surface area contributed by atoms with Gasteiger partial charge in [-0.3, -0.25) is 0 Å². The van der Waals surface area contributed by atoms with Gasteiger partial charge in [-0.05, 0) is 35.8 Å². The first kappa shape index (κ1) is 15.7. The van der Waals surface area contributed by atoms with Gasteiger partial charge < -0.3 is 10.9 Å². The summed E-state index contributed by atoms with van der Waals surface area (Å²) in [6.07, 6.45) is 0. The van der Waals surface area contributed by atoms with Gasteiger partial charge in [0.25, 0.3) is 10.0 Å². The minimum atomic E-state index is -3.79. The largest absolute Gasteiger partial charge is 0.409 e. The number of nitrogens with zero attached hydrogens (tertiary/aromatic N) is 1. The molecule has 1 aromatic heterocycles. The highest BCUT2D eigenvalue weighted by atomic mass is 79.9. The van der Waals surface area contributed by atoms with E-state index in [2.05, 4.69) is 25.8 Å². The van der Waals surface area contributed by atoms with Crippen LogP contribution in [0.3, 0.4) is 0 Å². The van der Waals surface area contributed by atoms with Crippen LogP contribution < -0.4 is 10.5 Å². The number of sulfonamides is 1. The third kappa shape index (κ3) is 3.35. The molecule has 102 valence electrons. The fourth-order valence-electron chi connectivity index (χ4n) is 1.02. The fourth-order valence-corrected chi connectivity index (χ4v) is 4.81. The number of amidine groups is 1. The van der Waals surface area contributed by atoms with Gasteiger partial charge in [-0.25, -0.2) is 8.42 Å². The SMILES string of the molecule is CC(C)(NS(=O)(=O)c1cc(Cl)c(Br)s1)C(N)=NO. The standard InChI is InChI=1S/C8H11BrClN3O3S2/c1-8(2,7(11)12-14)13-18(15,16)5-3-4(10)6(9)17-5/h3,13-14H,1-2H3,(H2,11,12). The zero-order chi connectivity index (χ0) is 14.1. The topological polar surface area (TPSA) is 105 Å². The number of nitrogens with two attached hydrogens (primary N) is 1. The molecule has 0 aliphatic rings. The van der Waals surface area contributed by atoms with Crippen LogP contribution in [0.5, 0.6) is 0 Å². The first-order chi connectivity index (χ1) is 8.10. The third-order valence-corrected chi connectivity index (χ3v) is 6.63. The van der Waals surface area contributed by atoms with E-state index < -0.39 is 15.6 Å². The van der Waals surface area contributed by atoms with Crippen molar-refractivity contribution in [3.8, 4) is 0 Å². The van der Waals surface area contributed by atoms with E-state index in [0.717, 1.165) is 11.3 Å². The summed E-state index contributed by atoms with van der Waals surface area (Å²) in [4.78, 5) is 0. The highest BCUT2D eigenvalue weighted by Crippen LogP contribution is 2.34. The van der Waals surface area contributed by atoms with Gasteiger partial charge in [-0.2, -0.15) is 4.72 Å². The van der Waals surface area contributed by atoms with Crippen molar-refractivity contribution in [1.82, 2.24) is 4.72 Å². The second-order valence-corrected chi connectivity index (χ2v) is 8.59. The molecule has 0 aromatic carbocycles. The molecule has 0 bridgehead atoms. The summed E-state index contributed by atoms with van der Waals surface area (Å²) >= 11 is 9.89. The Bertz CT molecular complexity index is 563. The van der Waals surface area contributed by atoms with Gasteiger partial charge >= 0.3 is 0 Å². The van der Waals surface area contributed by atoms with Gasteiger partial charge in [0.2, 0.25) is 0 Å². The van der Waals surface area contributed by atoms with Crippen LogP contribution in [0.4, 0.5) is 0 Å². The van der Waals surface area contributed by atoms with Crippen molar-refractivity contribution in [3.63, 3.8) is 0 Å². The van der Waals surface area contributed by atoms with Crippen molar-refractivity contribution in [3.05, 3.63) is 14.9 Å². The number of hydrogen-bond acceptors (Lipinski definition) is 5. The van der Waals surface area contributed by atoms with Crippen molar-refractivity contribution in [1.29, 1.82) is 0 Å². The Morgan fingerprint density at radius 1 is 1.67 bits per heavy atom. The smallest absolute Gasteiger partial charge is 0.251 e. The minimum absolute atomic E-state index is 0.0400.